The smallest absolute Gasteiger partial charge is 0.329 e. The molecular formula is C4H8NO3P. The van der Waals surface area contributed by atoms with Crippen LogP contribution in [-0.4, -0.2) is 29.8 Å². The fraction of sp³-hybridized carbons (Fsp3) is 0.750. The average molecular weight is 149 g/mol. The molecule has 0 aromatic heterocycles. The topological polar surface area (TPSA) is 58.6 Å². The molecular weight excluding hydrogens is 141 g/mol. The maximum absolute atomic E-state index is 10.4. The maximum Gasteiger partial charge on any atom is 0.329 e. The second kappa shape index (κ2) is 2.21. The maximum atomic E-state index is 10.4. The molecule has 2 N–H and O–H groups in total. The van der Waals surface area contributed by atoms with Crippen molar-refractivity contribution in [2.45, 2.75) is 5.54 Å². The second-order valence-corrected chi connectivity index (χ2v) is 2.31. The number of hydrogen-bond donors (Lipinski definition) is 2. The first-order valence-corrected chi connectivity index (χ1v) is 3.08. The van der Waals surface area contributed by atoms with Gasteiger partial charge < -0.3 is 9.84 Å². The van der Waals surface area contributed by atoms with Gasteiger partial charge in [-0.1, -0.05) is 9.39 Å². The molecule has 1 aliphatic heterocycles. The number of carboxylic acid groups (broad SMARTS) is 1. The summed E-state index contributed by atoms with van der Waals surface area (Å²) in [6, 6.07) is 0. The quantitative estimate of drug-likeness (QED) is 0.505. The summed E-state index contributed by atoms with van der Waals surface area (Å²) in [5.41, 5.74) is -0.829. The van der Waals surface area contributed by atoms with Gasteiger partial charge in [0.2, 0.25) is 0 Å². The van der Waals surface area contributed by atoms with Crippen molar-refractivity contribution in [2.24, 2.45) is 0 Å². The number of aliphatic carboxylic acids is 1. The Morgan fingerprint density at radius 1 is 1.78 bits per heavy atom. The Bertz CT molecular complexity index is 128. The lowest BCUT2D eigenvalue weighted by atomic mass is 10.0. The molecule has 0 aromatic carbocycles. The van der Waals surface area contributed by atoms with Crippen LogP contribution in [0, 0.1) is 0 Å². The minimum Gasteiger partial charge on any atom is -0.480 e. The minimum absolute atomic E-state index is 0.256. The number of nitrogens with one attached hydrogen (secondary N) is 1. The molecule has 0 bridgehead atoms. The molecule has 0 amide bonds. The molecule has 0 aromatic rings. The highest BCUT2D eigenvalue weighted by Crippen LogP contribution is 2.17. The zero-order valence-electron chi connectivity index (χ0n) is 4.76. The Morgan fingerprint density at radius 3 is 2.33 bits per heavy atom. The third-order valence-electron chi connectivity index (χ3n) is 1.38. The summed E-state index contributed by atoms with van der Waals surface area (Å²) in [6.07, 6.45) is 0. The Hall–Kier alpha value is -0.180. The molecule has 1 fully saturated rings. The van der Waals surface area contributed by atoms with Crippen molar-refractivity contribution in [3.05, 3.63) is 0 Å². The van der Waals surface area contributed by atoms with Gasteiger partial charge in [0.05, 0.1) is 13.2 Å². The van der Waals surface area contributed by atoms with E-state index in [-0.39, 0.29) is 13.2 Å². The van der Waals surface area contributed by atoms with E-state index >= 15 is 0 Å². The number of carboxylic acids is 1. The summed E-state index contributed by atoms with van der Waals surface area (Å²) in [5, 5.41) is 11.1. The zero-order chi connectivity index (χ0) is 6.91. The summed E-state index contributed by atoms with van der Waals surface area (Å²) in [6.45, 7) is 0.512. The van der Waals surface area contributed by atoms with Gasteiger partial charge in [-0.2, -0.15) is 0 Å². The van der Waals surface area contributed by atoms with E-state index in [1.54, 1.807) is 0 Å². The van der Waals surface area contributed by atoms with Crippen LogP contribution in [0.2, 0.25) is 0 Å². The highest BCUT2D eigenvalue weighted by atomic mass is 31.0. The van der Waals surface area contributed by atoms with Gasteiger partial charge in [-0.25, -0.2) is 0 Å². The molecule has 0 radical (unpaired) electrons. The SMILES string of the molecule is O=C(O)C1(NP)COC1. The summed E-state index contributed by atoms with van der Waals surface area (Å²) < 4.78 is 4.73. The number of rotatable bonds is 2. The van der Waals surface area contributed by atoms with Gasteiger partial charge in [0, 0.05) is 0 Å². The molecule has 4 nitrogen and oxygen atoms in total. The van der Waals surface area contributed by atoms with Crippen molar-refractivity contribution in [1.82, 2.24) is 5.09 Å². The van der Waals surface area contributed by atoms with Crippen molar-refractivity contribution >= 4 is 15.4 Å². The first-order chi connectivity index (χ1) is 4.21. The van der Waals surface area contributed by atoms with Gasteiger partial charge in [-0.3, -0.25) is 9.88 Å². The lowest BCUT2D eigenvalue weighted by molar-refractivity contribution is -0.162. The van der Waals surface area contributed by atoms with E-state index in [2.05, 4.69) is 14.5 Å². The van der Waals surface area contributed by atoms with Crippen molar-refractivity contribution in [3.63, 3.8) is 0 Å². The monoisotopic (exact) mass is 149 g/mol. The molecule has 0 spiro atoms. The molecule has 9 heavy (non-hydrogen) atoms. The minimum atomic E-state index is -0.858. The van der Waals surface area contributed by atoms with Crippen LogP contribution in [0.3, 0.4) is 0 Å². The standard InChI is InChI=1S/C4H8NO3P/c6-3(7)4(5-9)1-8-2-4/h5H,1-2,9H2,(H,6,7). The van der Waals surface area contributed by atoms with E-state index in [1.807, 2.05) is 0 Å². The summed E-state index contributed by atoms with van der Waals surface area (Å²) >= 11 is 0. The molecule has 1 heterocycles. The lowest BCUT2D eigenvalue weighted by Gasteiger charge is -2.36. The first-order valence-electron chi connectivity index (χ1n) is 2.50. The predicted octanol–water partition coefficient (Wildman–Crippen LogP) is -0.780. The fourth-order valence-electron chi connectivity index (χ4n) is 0.575. The number of carbonyl (C=O) groups is 1. The lowest BCUT2D eigenvalue weighted by Crippen LogP contribution is -2.62. The summed E-state index contributed by atoms with van der Waals surface area (Å²) in [4.78, 5) is 10.4. The van der Waals surface area contributed by atoms with Crippen molar-refractivity contribution in [2.75, 3.05) is 13.2 Å². The third-order valence-corrected chi connectivity index (χ3v) is 1.94. The van der Waals surface area contributed by atoms with Crippen LogP contribution in [0.25, 0.3) is 0 Å². The van der Waals surface area contributed by atoms with Crippen LogP contribution in [0.5, 0.6) is 0 Å². The van der Waals surface area contributed by atoms with Crippen LogP contribution in [0.15, 0.2) is 0 Å². The van der Waals surface area contributed by atoms with E-state index in [1.165, 1.54) is 0 Å². The molecule has 1 unspecified atom stereocenters. The molecule has 0 saturated carbocycles. The van der Waals surface area contributed by atoms with E-state index in [4.69, 9.17) is 9.84 Å². The average Bonchev–Trinajstić information content (AvgIpc) is 1.62. The Kier molecular flexibility index (Phi) is 1.70. The Labute approximate surface area is 54.8 Å². The van der Waals surface area contributed by atoms with Gasteiger partial charge in [0.25, 0.3) is 0 Å². The van der Waals surface area contributed by atoms with E-state index < -0.39 is 11.5 Å². The molecule has 0 aliphatic carbocycles. The van der Waals surface area contributed by atoms with Crippen molar-refractivity contribution < 1.29 is 14.6 Å². The molecule has 1 aliphatic rings. The van der Waals surface area contributed by atoms with Crippen molar-refractivity contribution in [1.29, 1.82) is 0 Å². The molecule has 1 rings (SSSR count). The molecule has 1 atom stereocenters. The van der Waals surface area contributed by atoms with Crippen LogP contribution < -0.4 is 5.09 Å². The Morgan fingerprint density at radius 2 is 2.33 bits per heavy atom. The summed E-state index contributed by atoms with van der Waals surface area (Å²) in [5.74, 6) is -0.858. The van der Waals surface area contributed by atoms with Gasteiger partial charge >= 0.3 is 5.97 Å². The first kappa shape index (κ1) is 6.93. The van der Waals surface area contributed by atoms with Gasteiger partial charge in [0.1, 0.15) is 0 Å². The van der Waals surface area contributed by atoms with Gasteiger partial charge in [-0.05, 0) is 0 Å². The number of ether oxygens (including phenoxy) is 1. The number of hydrogen-bond acceptors (Lipinski definition) is 3. The normalized spacial score (nSPS) is 22.8. The van der Waals surface area contributed by atoms with Gasteiger partial charge in [-0.15, -0.1) is 0 Å². The highest BCUT2D eigenvalue weighted by molar-refractivity contribution is 7.13. The highest BCUT2D eigenvalue weighted by Gasteiger charge is 2.44. The third kappa shape index (κ3) is 0.936. The largest absolute Gasteiger partial charge is 0.480 e. The zero-order valence-corrected chi connectivity index (χ0v) is 5.91. The van der Waals surface area contributed by atoms with E-state index in [0.29, 0.717) is 0 Å². The molecule has 5 heteroatoms. The Balaban J connectivity index is 2.57. The van der Waals surface area contributed by atoms with Crippen LogP contribution >= 0.6 is 9.39 Å². The van der Waals surface area contributed by atoms with Crippen molar-refractivity contribution in [3.8, 4) is 0 Å². The molecule has 52 valence electrons. The van der Waals surface area contributed by atoms with Crippen LogP contribution in [-0.2, 0) is 9.53 Å². The van der Waals surface area contributed by atoms with Crippen LogP contribution in [0.4, 0.5) is 0 Å². The summed E-state index contributed by atoms with van der Waals surface area (Å²) in [7, 11) is 2.18. The predicted molar refractivity (Wildman–Crippen MR) is 34.0 cm³/mol. The van der Waals surface area contributed by atoms with E-state index in [0.717, 1.165) is 0 Å². The fourth-order valence-corrected chi connectivity index (χ4v) is 0.865. The van der Waals surface area contributed by atoms with E-state index in [9.17, 15) is 4.79 Å². The van der Waals surface area contributed by atoms with Gasteiger partial charge in [0.15, 0.2) is 5.54 Å². The second-order valence-electron chi connectivity index (χ2n) is 2.02. The molecule has 1 saturated heterocycles. The van der Waals surface area contributed by atoms with Crippen LogP contribution in [0.1, 0.15) is 0 Å².